The van der Waals surface area contributed by atoms with E-state index in [1.165, 1.54) is 18.5 Å². The van der Waals surface area contributed by atoms with E-state index in [-0.39, 0.29) is 27.4 Å². The predicted octanol–water partition coefficient (Wildman–Crippen LogP) is 4.55. The lowest BCUT2D eigenvalue weighted by molar-refractivity contribution is -0.136. The summed E-state index contributed by atoms with van der Waals surface area (Å²) >= 11 is 0.878. The molecule has 0 unspecified atom stereocenters. The average molecular weight is 352 g/mol. The van der Waals surface area contributed by atoms with Crippen molar-refractivity contribution in [1.82, 2.24) is 9.97 Å². The third-order valence-corrected chi connectivity index (χ3v) is 4.25. The second-order valence-electron chi connectivity index (χ2n) is 4.84. The Morgan fingerprint density at radius 2 is 2.12 bits per heavy atom. The molecule has 124 valence electrons. The van der Waals surface area contributed by atoms with Gasteiger partial charge in [-0.3, -0.25) is 4.98 Å². The van der Waals surface area contributed by atoms with E-state index in [9.17, 15) is 18.0 Å². The molecule has 3 aromatic heterocycles. The highest BCUT2D eigenvalue weighted by molar-refractivity contribution is 7.20. The van der Waals surface area contributed by atoms with Crippen LogP contribution < -0.4 is 0 Å². The molecule has 0 N–H and O–H groups in total. The quantitative estimate of drug-likeness (QED) is 0.649. The maximum absolute atomic E-state index is 13.4. The van der Waals surface area contributed by atoms with Crippen LogP contribution in [-0.2, 0) is 10.9 Å². The molecule has 4 nitrogen and oxygen atoms in total. The van der Waals surface area contributed by atoms with Crippen LogP contribution in [0, 0.1) is 0 Å². The number of nitrogens with zero attached hydrogens (tertiary/aromatic N) is 2. The molecule has 0 fully saturated rings. The van der Waals surface area contributed by atoms with E-state index in [1.54, 1.807) is 19.1 Å². The van der Waals surface area contributed by atoms with Gasteiger partial charge in [0, 0.05) is 23.3 Å². The summed E-state index contributed by atoms with van der Waals surface area (Å²) in [5.74, 6) is -0.656. The molecule has 0 aliphatic rings. The first-order valence-electron chi connectivity index (χ1n) is 6.99. The summed E-state index contributed by atoms with van der Waals surface area (Å²) < 4.78 is 45.1. The Labute approximate surface area is 138 Å². The van der Waals surface area contributed by atoms with Gasteiger partial charge in [-0.15, -0.1) is 11.3 Å². The first-order chi connectivity index (χ1) is 11.4. The summed E-state index contributed by atoms with van der Waals surface area (Å²) in [6.45, 7) is 1.78. The zero-order valence-corrected chi connectivity index (χ0v) is 13.2. The summed E-state index contributed by atoms with van der Waals surface area (Å²) in [6.07, 6.45) is -1.60. The summed E-state index contributed by atoms with van der Waals surface area (Å²) in [4.78, 5) is 20.2. The number of esters is 1. The Morgan fingerprint density at radius 3 is 2.75 bits per heavy atom. The summed E-state index contributed by atoms with van der Waals surface area (Å²) in [6, 6.07) is 5.40. The lowest BCUT2D eigenvalue weighted by Gasteiger charge is -2.10. The average Bonchev–Trinajstić information content (AvgIpc) is 2.98. The standard InChI is InChI=1S/C16H11F3N2O2S/c1-2-23-15(22)13-6-10-11(16(17,18)19)7-12(21-14(10)24-13)9-4-3-5-20-8-9/h3-8H,2H2,1H3. The van der Waals surface area contributed by atoms with Gasteiger partial charge in [-0.05, 0) is 31.2 Å². The van der Waals surface area contributed by atoms with Crippen molar-refractivity contribution in [2.45, 2.75) is 13.1 Å². The highest BCUT2D eigenvalue weighted by Gasteiger charge is 2.34. The fraction of sp³-hybridized carbons (Fsp3) is 0.188. The molecule has 0 radical (unpaired) electrons. The third kappa shape index (κ3) is 3.09. The number of fused-ring (bicyclic) bond motifs is 1. The number of ether oxygens (including phenoxy) is 1. The molecule has 0 aliphatic heterocycles. The molecule has 0 amide bonds. The molecule has 0 spiro atoms. The van der Waals surface area contributed by atoms with Gasteiger partial charge in [0.1, 0.15) is 9.71 Å². The Balaban J connectivity index is 2.22. The molecule has 0 saturated carbocycles. The minimum Gasteiger partial charge on any atom is -0.462 e. The smallest absolute Gasteiger partial charge is 0.417 e. The molecule has 0 atom stereocenters. The zero-order valence-electron chi connectivity index (χ0n) is 12.4. The molecule has 0 saturated heterocycles. The highest BCUT2D eigenvalue weighted by Crippen LogP contribution is 2.39. The zero-order chi connectivity index (χ0) is 17.3. The number of pyridine rings is 2. The van der Waals surface area contributed by atoms with Crippen LogP contribution in [0.3, 0.4) is 0 Å². The molecular formula is C16H11F3N2O2S. The van der Waals surface area contributed by atoms with E-state index in [4.69, 9.17) is 4.74 Å². The molecule has 8 heteroatoms. The van der Waals surface area contributed by atoms with E-state index < -0.39 is 17.7 Å². The van der Waals surface area contributed by atoms with E-state index in [0.717, 1.165) is 17.4 Å². The molecule has 24 heavy (non-hydrogen) atoms. The van der Waals surface area contributed by atoms with Gasteiger partial charge in [0.2, 0.25) is 0 Å². The number of alkyl halides is 3. The first-order valence-corrected chi connectivity index (χ1v) is 7.81. The minimum atomic E-state index is -4.56. The number of carbonyl (C=O) groups is 1. The third-order valence-electron chi connectivity index (χ3n) is 3.25. The van der Waals surface area contributed by atoms with Crippen LogP contribution in [-0.4, -0.2) is 22.5 Å². The maximum Gasteiger partial charge on any atom is 0.417 e. The normalized spacial score (nSPS) is 11.7. The number of rotatable bonds is 3. The monoisotopic (exact) mass is 352 g/mol. The van der Waals surface area contributed by atoms with Crippen LogP contribution in [0.2, 0.25) is 0 Å². The van der Waals surface area contributed by atoms with Crippen molar-refractivity contribution >= 4 is 27.5 Å². The first kappa shape index (κ1) is 16.4. The molecule has 3 rings (SSSR count). The number of aromatic nitrogens is 2. The second kappa shape index (κ2) is 6.20. The fourth-order valence-corrected chi connectivity index (χ4v) is 3.16. The van der Waals surface area contributed by atoms with Crippen LogP contribution in [0.5, 0.6) is 0 Å². The van der Waals surface area contributed by atoms with Crippen molar-refractivity contribution in [1.29, 1.82) is 0 Å². The molecule has 0 aromatic carbocycles. The fourth-order valence-electron chi connectivity index (χ4n) is 2.21. The molecule has 0 bridgehead atoms. The molecule has 3 aromatic rings. The Kier molecular flexibility index (Phi) is 4.23. The van der Waals surface area contributed by atoms with Crippen LogP contribution in [0.4, 0.5) is 13.2 Å². The van der Waals surface area contributed by atoms with Gasteiger partial charge in [-0.2, -0.15) is 13.2 Å². The Bertz CT molecular complexity index is 891. The SMILES string of the molecule is CCOC(=O)c1cc2c(C(F)(F)F)cc(-c3cccnc3)nc2s1. The highest BCUT2D eigenvalue weighted by atomic mass is 32.1. The van der Waals surface area contributed by atoms with Gasteiger partial charge in [-0.25, -0.2) is 9.78 Å². The van der Waals surface area contributed by atoms with Crippen molar-refractivity contribution in [2.24, 2.45) is 0 Å². The van der Waals surface area contributed by atoms with Gasteiger partial charge in [0.05, 0.1) is 17.9 Å². The summed E-state index contributed by atoms with van der Waals surface area (Å²) in [5.41, 5.74) is -0.214. The number of hydrogen-bond donors (Lipinski definition) is 0. The lowest BCUT2D eigenvalue weighted by Crippen LogP contribution is -2.06. The van der Waals surface area contributed by atoms with Gasteiger partial charge < -0.3 is 4.74 Å². The van der Waals surface area contributed by atoms with Crippen molar-refractivity contribution in [3.05, 3.63) is 47.1 Å². The van der Waals surface area contributed by atoms with E-state index in [1.807, 2.05) is 0 Å². The number of carbonyl (C=O) groups excluding carboxylic acids is 1. The van der Waals surface area contributed by atoms with Crippen molar-refractivity contribution in [3.8, 4) is 11.3 Å². The summed E-state index contributed by atoms with van der Waals surface area (Å²) in [7, 11) is 0. The number of thiophene rings is 1. The molecular weight excluding hydrogens is 341 g/mol. The van der Waals surface area contributed by atoms with Crippen LogP contribution >= 0.6 is 11.3 Å². The molecule has 3 heterocycles. The summed E-state index contributed by atoms with van der Waals surface area (Å²) in [5, 5.41) is -0.108. The number of hydrogen-bond acceptors (Lipinski definition) is 5. The van der Waals surface area contributed by atoms with Crippen LogP contribution in [0.25, 0.3) is 21.5 Å². The predicted molar refractivity (Wildman–Crippen MR) is 83.8 cm³/mol. The molecule has 0 aliphatic carbocycles. The van der Waals surface area contributed by atoms with Gasteiger partial charge in [0.15, 0.2) is 0 Å². The van der Waals surface area contributed by atoms with Gasteiger partial charge in [0.25, 0.3) is 0 Å². The Hall–Kier alpha value is -2.48. The van der Waals surface area contributed by atoms with Crippen LogP contribution in [0.1, 0.15) is 22.2 Å². The maximum atomic E-state index is 13.4. The van der Waals surface area contributed by atoms with Gasteiger partial charge >= 0.3 is 12.1 Å². The van der Waals surface area contributed by atoms with Gasteiger partial charge in [-0.1, -0.05) is 0 Å². The Morgan fingerprint density at radius 1 is 1.33 bits per heavy atom. The van der Waals surface area contributed by atoms with Crippen LogP contribution in [0.15, 0.2) is 36.7 Å². The minimum absolute atomic E-state index is 0.0909. The van der Waals surface area contributed by atoms with E-state index >= 15 is 0 Å². The number of halogens is 3. The van der Waals surface area contributed by atoms with E-state index in [0.29, 0.717) is 5.56 Å². The van der Waals surface area contributed by atoms with E-state index in [2.05, 4.69) is 9.97 Å². The van der Waals surface area contributed by atoms with Crippen molar-refractivity contribution in [3.63, 3.8) is 0 Å². The van der Waals surface area contributed by atoms with Crippen molar-refractivity contribution in [2.75, 3.05) is 6.61 Å². The topological polar surface area (TPSA) is 52.1 Å². The largest absolute Gasteiger partial charge is 0.462 e. The lowest BCUT2D eigenvalue weighted by atomic mass is 10.1. The second-order valence-corrected chi connectivity index (χ2v) is 5.88. The van der Waals surface area contributed by atoms with Crippen molar-refractivity contribution < 1.29 is 22.7 Å².